The van der Waals surface area contributed by atoms with Crippen molar-refractivity contribution in [3.8, 4) is 0 Å². The number of methoxy groups -OCH3 is 1. The van der Waals surface area contributed by atoms with Gasteiger partial charge in [-0.3, -0.25) is 4.79 Å². The van der Waals surface area contributed by atoms with Crippen LogP contribution in [0.15, 0.2) is 0 Å². The molecule has 3 heteroatoms. The van der Waals surface area contributed by atoms with Crippen molar-refractivity contribution in [1.29, 1.82) is 0 Å². The molecule has 0 unspecified atom stereocenters. The van der Waals surface area contributed by atoms with Gasteiger partial charge in [-0.25, -0.2) is 0 Å². The molecule has 0 spiro atoms. The molecule has 1 fully saturated rings. The largest absolute Gasteiger partial charge is 0.469 e. The summed E-state index contributed by atoms with van der Waals surface area (Å²) in [7, 11) is 1.46. The summed E-state index contributed by atoms with van der Waals surface area (Å²) in [4.78, 5) is 11.7. The number of rotatable bonds is 1. The fourth-order valence-electron chi connectivity index (χ4n) is 1.46. The summed E-state index contributed by atoms with van der Waals surface area (Å²) in [6, 6.07) is 0. The van der Waals surface area contributed by atoms with E-state index in [0.717, 1.165) is 25.7 Å². The first kappa shape index (κ1) is 9.04. The third-order valence-corrected chi connectivity index (χ3v) is 3.11. The van der Waals surface area contributed by atoms with E-state index >= 15 is 0 Å². The Morgan fingerprint density at radius 1 is 1.36 bits per heavy atom. The van der Waals surface area contributed by atoms with Crippen molar-refractivity contribution in [3.63, 3.8) is 0 Å². The van der Waals surface area contributed by atoms with Crippen LogP contribution in [0.3, 0.4) is 0 Å². The van der Waals surface area contributed by atoms with Crippen molar-refractivity contribution in [2.45, 2.75) is 30.5 Å². The minimum absolute atomic E-state index is 0.0376. The van der Waals surface area contributed by atoms with Crippen LogP contribution in [0.4, 0.5) is 0 Å². The first-order chi connectivity index (χ1) is 5.24. The fourth-order valence-corrected chi connectivity index (χ4v) is 1.98. The van der Waals surface area contributed by atoms with E-state index in [-0.39, 0.29) is 11.9 Å². The van der Waals surface area contributed by atoms with Crippen molar-refractivity contribution >= 4 is 21.9 Å². The van der Waals surface area contributed by atoms with E-state index in [1.54, 1.807) is 0 Å². The standard InChI is InChI=1S/C8H13BrO2/c1-11-8(10)6-2-4-7(9)5-3-6/h6-7H,2-5H2,1H3. The number of hydrogen-bond donors (Lipinski definition) is 0. The molecular weight excluding hydrogens is 208 g/mol. The van der Waals surface area contributed by atoms with Gasteiger partial charge in [0.2, 0.25) is 0 Å². The Morgan fingerprint density at radius 2 is 1.91 bits per heavy atom. The molecule has 1 saturated carbocycles. The third kappa shape index (κ3) is 2.47. The second-order valence-corrected chi connectivity index (χ2v) is 4.27. The van der Waals surface area contributed by atoms with Gasteiger partial charge in [0.1, 0.15) is 0 Å². The van der Waals surface area contributed by atoms with Crippen LogP contribution in [-0.2, 0) is 9.53 Å². The zero-order valence-electron chi connectivity index (χ0n) is 6.68. The summed E-state index contributed by atoms with van der Waals surface area (Å²) in [5, 5.41) is 0. The van der Waals surface area contributed by atoms with Crippen molar-refractivity contribution in [3.05, 3.63) is 0 Å². The van der Waals surface area contributed by atoms with Crippen LogP contribution in [0.1, 0.15) is 25.7 Å². The number of ether oxygens (including phenoxy) is 1. The Bertz CT molecular complexity index is 139. The molecule has 0 aromatic heterocycles. The van der Waals surface area contributed by atoms with Gasteiger partial charge in [-0.1, -0.05) is 15.9 Å². The van der Waals surface area contributed by atoms with Gasteiger partial charge in [0.25, 0.3) is 0 Å². The highest BCUT2D eigenvalue weighted by Gasteiger charge is 2.25. The highest BCUT2D eigenvalue weighted by Crippen LogP contribution is 2.29. The molecule has 2 nitrogen and oxygen atoms in total. The second-order valence-electron chi connectivity index (χ2n) is 2.97. The average molecular weight is 221 g/mol. The molecule has 0 atom stereocenters. The molecule has 0 aromatic rings. The van der Waals surface area contributed by atoms with Crippen LogP contribution in [0.25, 0.3) is 0 Å². The van der Waals surface area contributed by atoms with Crippen molar-refractivity contribution < 1.29 is 9.53 Å². The van der Waals surface area contributed by atoms with E-state index in [1.165, 1.54) is 7.11 Å². The lowest BCUT2D eigenvalue weighted by Gasteiger charge is -2.22. The molecule has 1 rings (SSSR count). The van der Waals surface area contributed by atoms with Crippen LogP contribution >= 0.6 is 15.9 Å². The molecule has 64 valence electrons. The first-order valence-electron chi connectivity index (χ1n) is 3.96. The predicted molar refractivity (Wildman–Crippen MR) is 46.7 cm³/mol. The van der Waals surface area contributed by atoms with Crippen LogP contribution in [0, 0.1) is 5.92 Å². The molecular formula is C8H13BrO2. The van der Waals surface area contributed by atoms with Crippen LogP contribution in [0.2, 0.25) is 0 Å². The number of carbonyl (C=O) groups excluding carboxylic acids is 1. The van der Waals surface area contributed by atoms with Crippen LogP contribution in [-0.4, -0.2) is 17.9 Å². The summed E-state index contributed by atoms with van der Waals surface area (Å²) in [6.07, 6.45) is 4.14. The lowest BCUT2D eigenvalue weighted by Crippen LogP contribution is -2.22. The second kappa shape index (κ2) is 4.10. The van der Waals surface area contributed by atoms with Crippen molar-refractivity contribution in [2.75, 3.05) is 7.11 Å². The molecule has 0 aliphatic heterocycles. The summed E-state index contributed by atoms with van der Waals surface area (Å²) in [6.45, 7) is 0. The molecule has 0 heterocycles. The minimum atomic E-state index is -0.0376. The molecule has 1 aliphatic carbocycles. The van der Waals surface area contributed by atoms with Crippen LogP contribution in [0.5, 0.6) is 0 Å². The number of carbonyl (C=O) groups is 1. The minimum Gasteiger partial charge on any atom is -0.469 e. The van der Waals surface area contributed by atoms with Gasteiger partial charge in [0.15, 0.2) is 0 Å². The number of alkyl halides is 1. The van der Waals surface area contributed by atoms with Gasteiger partial charge in [0.05, 0.1) is 13.0 Å². The fraction of sp³-hybridized carbons (Fsp3) is 0.875. The van der Waals surface area contributed by atoms with E-state index in [4.69, 9.17) is 0 Å². The quantitative estimate of drug-likeness (QED) is 0.500. The highest BCUT2D eigenvalue weighted by molar-refractivity contribution is 9.09. The Hall–Kier alpha value is -0.0500. The first-order valence-corrected chi connectivity index (χ1v) is 4.87. The lowest BCUT2D eigenvalue weighted by molar-refractivity contribution is -0.146. The number of hydrogen-bond acceptors (Lipinski definition) is 2. The lowest BCUT2D eigenvalue weighted by atomic mass is 9.89. The Labute approximate surface area is 75.4 Å². The van der Waals surface area contributed by atoms with E-state index in [2.05, 4.69) is 20.7 Å². The van der Waals surface area contributed by atoms with E-state index in [1.807, 2.05) is 0 Å². The van der Waals surface area contributed by atoms with Crippen LogP contribution < -0.4 is 0 Å². The van der Waals surface area contributed by atoms with Gasteiger partial charge in [-0.05, 0) is 25.7 Å². The average Bonchev–Trinajstić information content (AvgIpc) is 2.05. The smallest absolute Gasteiger partial charge is 0.308 e. The molecule has 0 saturated heterocycles. The Kier molecular flexibility index (Phi) is 3.37. The summed E-state index contributed by atoms with van der Waals surface area (Å²) < 4.78 is 4.67. The maximum absolute atomic E-state index is 11.0. The molecule has 0 amide bonds. The third-order valence-electron chi connectivity index (χ3n) is 2.19. The number of esters is 1. The normalized spacial score (nSPS) is 31.5. The zero-order valence-corrected chi connectivity index (χ0v) is 8.26. The number of halogens is 1. The molecule has 0 aromatic carbocycles. The maximum atomic E-state index is 11.0. The maximum Gasteiger partial charge on any atom is 0.308 e. The van der Waals surface area contributed by atoms with Gasteiger partial charge in [-0.15, -0.1) is 0 Å². The Morgan fingerprint density at radius 3 is 2.36 bits per heavy atom. The van der Waals surface area contributed by atoms with E-state index in [0.29, 0.717) is 4.83 Å². The topological polar surface area (TPSA) is 26.3 Å². The Balaban J connectivity index is 2.33. The highest BCUT2D eigenvalue weighted by atomic mass is 79.9. The molecule has 1 aliphatic rings. The van der Waals surface area contributed by atoms with Crippen molar-refractivity contribution in [2.24, 2.45) is 5.92 Å². The molecule has 0 bridgehead atoms. The van der Waals surface area contributed by atoms with Gasteiger partial charge in [-0.2, -0.15) is 0 Å². The monoisotopic (exact) mass is 220 g/mol. The van der Waals surface area contributed by atoms with E-state index < -0.39 is 0 Å². The predicted octanol–water partition coefficient (Wildman–Crippen LogP) is 2.11. The molecule has 0 radical (unpaired) electrons. The SMILES string of the molecule is COC(=O)C1CCC(Br)CC1. The van der Waals surface area contributed by atoms with Crippen molar-refractivity contribution in [1.82, 2.24) is 0 Å². The van der Waals surface area contributed by atoms with Gasteiger partial charge in [0, 0.05) is 4.83 Å². The zero-order chi connectivity index (χ0) is 8.27. The van der Waals surface area contributed by atoms with E-state index in [9.17, 15) is 4.79 Å². The molecule has 0 N–H and O–H groups in total. The molecule has 11 heavy (non-hydrogen) atoms. The van der Waals surface area contributed by atoms with Gasteiger partial charge < -0.3 is 4.74 Å². The summed E-state index contributed by atoms with van der Waals surface area (Å²) in [5.41, 5.74) is 0. The summed E-state index contributed by atoms with van der Waals surface area (Å²) in [5.74, 6) is 0.123. The van der Waals surface area contributed by atoms with Gasteiger partial charge >= 0.3 is 5.97 Å². The summed E-state index contributed by atoms with van der Waals surface area (Å²) >= 11 is 3.53.